The average molecular weight is 456 g/mol. The maximum absolute atomic E-state index is 5.65. The summed E-state index contributed by atoms with van der Waals surface area (Å²) in [5.74, 6) is 3.22. The molecule has 8 heteroatoms. The minimum Gasteiger partial charge on any atom is -0.492 e. The van der Waals surface area contributed by atoms with Gasteiger partial charge in [0.15, 0.2) is 11.8 Å². The predicted molar refractivity (Wildman–Crippen MR) is 110 cm³/mol. The number of aryl methyl sites for hydroxylation is 1. The van der Waals surface area contributed by atoms with Gasteiger partial charge >= 0.3 is 0 Å². The molecule has 1 aromatic carbocycles. The summed E-state index contributed by atoms with van der Waals surface area (Å²) < 4.78 is 7.58. The fourth-order valence-corrected chi connectivity index (χ4v) is 1.94. The summed E-state index contributed by atoms with van der Waals surface area (Å²) in [6, 6.07) is 9.72. The molecule has 0 radical (unpaired) electrons. The van der Waals surface area contributed by atoms with Crippen LogP contribution in [0.1, 0.15) is 11.6 Å². The van der Waals surface area contributed by atoms with Gasteiger partial charge in [0.2, 0.25) is 0 Å². The van der Waals surface area contributed by atoms with E-state index in [-0.39, 0.29) is 24.0 Å². The van der Waals surface area contributed by atoms with Crippen LogP contribution in [-0.2, 0) is 13.6 Å². The van der Waals surface area contributed by atoms with E-state index in [0.717, 1.165) is 17.4 Å². The van der Waals surface area contributed by atoms with Crippen molar-refractivity contribution in [2.24, 2.45) is 12.0 Å². The topological polar surface area (TPSA) is 76.4 Å². The SMILES string of the molecule is C=CCNC(=NCc1nnc(C)n1C)NCCOc1ccccc1.I. The molecular weight excluding hydrogens is 431 g/mol. The molecule has 1 aromatic heterocycles. The fraction of sp³-hybridized carbons (Fsp3) is 0.353. The van der Waals surface area contributed by atoms with Gasteiger partial charge in [0.1, 0.15) is 24.7 Å². The Morgan fingerprint density at radius 2 is 2.04 bits per heavy atom. The number of hydrogen-bond donors (Lipinski definition) is 2. The molecule has 7 nitrogen and oxygen atoms in total. The quantitative estimate of drug-likeness (QED) is 0.209. The average Bonchev–Trinajstić information content (AvgIpc) is 2.93. The smallest absolute Gasteiger partial charge is 0.192 e. The zero-order valence-corrected chi connectivity index (χ0v) is 16.9. The first-order valence-electron chi connectivity index (χ1n) is 7.86. The standard InChI is InChI=1S/C17H24N6O.HI/c1-4-10-18-17(20-13-16-22-21-14(2)23(16)3)19-11-12-24-15-8-6-5-7-9-15;/h4-9H,1,10-13H2,2-3H3,(H2,18,19,20);1H. The highest BCUT2D eigenvalue weighted by atomic mass is 127. The Kier molecular flexibility index (Phi) is 9.60. The molecule has 0 atom stereocenters. The van der Waals surface area contributed by atoms with Crippen LogP contribution in [0.2, 0.25) is 0 Å². The normalized spacial score (nSPS) is 10.7. The lowest BCUT2D eigenvalue weighted by atomic mass is 10.3. The van der Waals surface area contributed by atoms with Gasteiger partial charge in [-0.25, -0.2) is 4.99 Å². The summed E-state index contributed by atoms with van der Waals surface area (Å²) in [6.45, 7) is 7.88. The third-order valence-corrected chi connectivity index (χ3v) is 3.38. The number of benzene rings is 1. The van der Waals surface area contributed by atoms with Crippen LogP contribution >= 0.6 is 24.0 Å². The first kappa shape index (κ1) is 20.9. The van der Waals surface area contributed by atoms with Crippen molar-refractivity contribution < 1.29 is 4.74 Å². The molecule has 0 aliphatic heterocycles. The maximum atomic E-state index is 5.65. The summed E-state index contributed by atoms with van der Waals surface area (Å²) in [5, 5.41) is 14.5. The lowest BCUT2D eigenvalue weighted by molar-refractivity contribution is 0.322. The van der Waals surface area contributed by atoms with Crippen LogP contribution in [0.25, 0.3) is 0 Å². The van der Waals surface area contributed by atoms with Gasteiger partial charge in [0, 0.05) is 13.6 Å². The molecule has 0 amide bonds. The summed E-state index contributed by atoms with van der Waals surface area (Å²) >= 11 is 0. The van der Waals surface area contributed by atoms with Crippen molar-refractivity contribution in [1.29, 1.82) is 0 Å². The molecular formula is C17H25IN6O. The van der Waals surface area contributed by atoms with Crippen molar-refractivity contribution in [3.05, 3.63) is 54.6 Å². The van der Waals surface area contributed by atoms with E-state index >= 15 is 0 Å². The van der Waals surface area contributed by atoms with E-state index in [2.05, 4.69) is 32.4 Å². The van der Waals surface area contributed by atoms with E-state index in [9.17, 15) is 0 Å². The Balaban J connectivity index is 0.00000312. The van der Waals surface area contributed by atoms with Crippen molar-refractivity contribution in [2.45, 2.75) is 13.5 Å². The van der Waals surface area contributed by atoms with Crippen LogP contribution in [0, 0.1) is 6.92 Å². The third-order valence-electron chi connectivity index (χ3n) is 3.38. The van der Waals surface area contributed by atoms with Crippen molar-refractivity contribution in [3.8, 4) is 5.75 Å². The minimum atomic E-state index is 0. The second kappa shape index (κ2) is 11.5. The zero-order valence-electron chi connectivity index (χ0n) is 14.6. The van der Waals surface area contributed by atoms with Gasteiger partial charge in [-0.1, -0.05) is 24.3 Å². The first-order chi connectivity index (χ1) is 11.7. The van der Waals surface area contributed by atoms with Gasteiger partial charge in [-0.15, -0.1) is 40.8 Å². The molecule has 2 N–H and O–H groups in total. The highest BCUT2D eigenvalue weighted by molar-refractivity contribution is 14.0. The van der Waals surface area contributed by atoms with Gasteiger partial charge in [-0.05, 0) is 19.1 Å². The highest BCUT2D eigenvalue weighted by Crippen LogP contribution is 2.07. The summed E-state index contributed by atoms with van der Waals surface area (Å²) in [7, 11) is 1.93. The highest BCUT2D eigenvalue weighted by Gasteiger charge is 2.04. The van der Waals surface area contributed by atoms with E-state index in [1.54, 1.807) is 6.08 Å². The molecule has 0 aliphatic rings. The molecule has 2 rings (SSSR count). The second-order valence-electron chi connectivity index (χ2n) is 5.15. The minimum absolute atomic E-state index is 0. The van der Waals surface area contributed by atoms with Gasteiger partial charge in [-0.2, -0.15) is 0 Å². The molecule has 0 aliphatic carbocycles. The lowest BCUT2D eigenvalue weighted by Crippen LogP contribution is -2.39. The van der Waals surface area contributed by atoms with Gasteiger partial charge in [0.05, 0.1) is 6.54 Å². The monoisotopic (exact) mass is 456 g/mol. The lowest BCUT2D eigenvalue weighted by Gasteiger charge is -2.12. The van der Waals surface area contributed by atoms with Crippen LogP contribution in [0.15, 0.2) is 48.0 Å². The number of aliphatic imine (C=N–C) groups is 1. The molecule has 0 saturated carbocycles. The molecule has 0 unspecified atom stereocenters. The van der Waals surface area contributed by atoms with Crippen LogP contribution < -0.4 is 15.4 Å². The number of nitrogens with zero attached hydrogens (tertiary/aromatic N) is 4. The number of aromatic nitrogens is 3. The number of rotatable bonds is 8. The Bertz CT molecular complexity index is 671. The van der Waals surface area contributed by atoms with Gasteiger partial charge < -0.3 is 19.9 Å². The molecule has 25 heavy (non-hydrogen) atoms. The molecule has 2 aromatic rings. The first-order valence-corrected chi connectivity index (χ1v) is 7.86. The number of hydrogen-bond acceptors (Lipinski definition) is 4. The van der Waals surface area contributed by atoms with E-state index in [1.165, 1.54) is 0 Å². The van der Waals surface area contributed by atoms with Crippen molar-refractivity contribution in [2.75, 3.05) is 19.7 Å². The van der Waals surface area contributed by atoms with E-state index < -0.39 is 0 Å². The predicted octanol–water partition coefficient (Wildman–Crippen LogP) is 2.04. The van der Waals surface area contributed by atoms with Crippen LogP contribution in [0.3, 0.4) is 0 Å². The third kappa shape index (κ3) is 7.12. The number of ether oxygens (including phenoxy) is 1. The van der Waals surface area contributed by atoms with Crippen LogP contribution in [-0.4, -0.2) is 40.4 Å². The fourth-order valence-electron chi connectivity index (χ4n) is 1.94. The van der Waals surface area contributed by atoms with E-state index in [4.69, 9.17) is 4.74 Å². The van der Waals surface area contributed by atoms with Crippen LogP contribution in [0.4, 0.5) is 0 Å². The Hall–Kier alpha value is -2.10. The zero-order chi connectivity index (χ0) is 17.2. The number of halogens is 1. The van der Waals surface area contributed by atoms with E-state index in [0.29, 0.717) is 32.2 Å². The summed E-state index contributed by atoms with van der Waals surface area (Å²) in [4.78, 5) is 4.52. The van der Waals surface area contributed by atoms with E-state index in [1.807, 2.05) is 48.9 Å². The van der Waals surface area contributed by atoms with Crippen molar-refractivity contribution >= 4 is 29.9 Å². The van der Waals surface area contributed by atoms with Crippen LogP contribution in [0.5, 0.6) is 5.75 Å². The number of guanidine groups is 1. The maximum Gasteiger partial charge on any atom is 0.192 e. The molecule has 0 bridgehead atoms. The Morgan fingerprint density at radius 3 is 2.68 bits per heavy atom. The van der Waals surface area contributed by atoms with Gasteiger partial charge in [-0.3, -0.25) is 0 Å². The molecule has 0 fully saturated rings. The molecule has 0 saturated heterocycles. The second-order valence-corrected chi connectivity index (χ2v) is 5.15. The Labute approximate surface area is 165 Å². The van der Waals surface area contributed by atoms with Gasteiger partial charge in [0.25, 0.3) is 0 Å². The molecule has 1 heterocycles. The Morgan fingerprint density at radius 1 is 1.28 bits per heavy atom. The van der Waals surface area contributed by atoms with Crippen molar-refractivity contribution in [1.82, 2.24) is 25.4 Å². The number of para-hydroxylation sites is 1. The largest absolute Gasteiger partial charge is 0.492 e. The summed E-state index contributed by atoms with van der Waals surface area (Å²) in [6.07, 6.45) is 1.78. The molecule has 0 spiro atoms. The summed E-state index contributed by atoms with van der Waals surface area (Å²) in [5.41, 5.74) is 0. The molecule has 136 valence electrons. The van der Waals surface area contributed by atoms with Crippen molar-refractivity contribution in [3.63, 3.8) is 0 Å². The number of nitrogens with one attached hydrogen (secondary N) is 2.